The largest absolute Gasteiger partial charge is 0.334 e. The highest BCUT2D eigenvalue weighted by molar-refractivity contribution is 5.03. The molecule has 15 heavy (non-hydrogen) atoms. The first-order valence-electron chi connectivity index (χ1n) is 5.55. The van der Waals surface area contributed by atoms with E-state index in [-0.39, 0.29) is 0 Å². The van der Waals surface area contributed by atoms with E-state index in [0.717, 1.165) is 19.5 Å². The number of hydrogen-bond donors (Lipinski definition) is 1. The Labute approximate surface area is 92.6 Å². The van der Waals surface area contributed by atoms with Gasteiger partial charge in [-0.1, -0.05) is 12.1 Å². The molecule has 1 rings (SSSR count). The van der Waals surface area contributed by atoms with Gasteiger partial charge in [0.2, 0.25) is 0 Å². The number of pyridine rings is 1. The van der Waals surface area contributed by atoms with E-state index >= 15 is 0 Å². The molecule has 0 aromatic carbocycles. The first-order chi connectivity index (χ1) is 7.22. The minimum absolute atomic E-state index is 1.06. The van der Waals surface area contributed by atoms with Gasteiger partial charge in [-0.2, -0.15) is 0 Å². The summed E-state index contributed by atoms with van der Waals surface area (Å²) in [6.45, 7) is 6.55. The maximum Gasteiger partial charge on any atom is 0.0982 e. The van der Waals surface area contributed by atoms with Gasteiger partial charge in [-0.3, -0.25) is 4.98 Å². The Morgan fingerprint density at radius 1 is 1.47 bits per heavy atom. The van der Waals surface area contributed by atoms with Gasteiger partial charge in [-0.25, -0.2) is 0 Å². The van der Waals surface area contributed by atoms with Gasteiger partial charge in [0, 0.05) is 18.3 Å². The van der Waals surface area contributed by atoms with Gasteiger partial charge in [-0.05, 0) is 31.6 Å². The zero-order chi connectivity index (χ0) is 11.1. The molecule has 0 saturated heterocycles. The lowest BCUT2D eigenvalue weighted by Crippen LogP contribution is -3.09. The van der Waals surface area contributed by atoms with Crippen LogP contribution in [0.25, 0.3) is 0 Å². The SMILES string of the molecule is C/C=C(/C)C[NH+](C)CCc1ccccn1. The lowest BCUT2D eigenvalue weighted by molar-refractivity contribution is -0.874. The molecule has 0 fully saturated rings. The quantitative estimate of drug-likeness (QED) is 0.713. The molecule has 1 aromatic heterocycles. The van der Waals surface area contributed by atoms with E-state index in [1.165, 1.54) is 16.2 Å². The Bertz CT molecular complexity index is 304. The third-order valence-electron chi connectivity index (χ3n) is 2.61. The van der Waals surface area contributed by atoms with Crippen molar-refractivity contribution < 1.29 is 4.90 Å². The summed E-state index contributed by atoms with van der Waals surface area (Å²) in [7, 11) is 2.23. The average Bonchev–Trinajstić information content (AvgIpc) is 2.27. The van der Waals surface area contributed by atoms with Crippen molar-refractivity contribution in [3.8, 4) is 0 Å². The van der Waals surface area contributed by atoms with Crippen LogP contribution >= 0.6 is 0 Å². The number of nitrogens with one attached hydrogen (secondary N) is 1. The van der Waals surface area contributed by atoms with E-state index in [2.05, 4.69) is 44.1 Å². The molecular weight excluding hydrogens is 184 g/mol. The van der Waals surface area contributed by atoms with Crippen LogP contribution in [0.3, 0.4) is 0 Å². The van der Waals surface area contributed by atoms with Crippen molar-refractivity contribution in [1.82, 2.24) is 4.98 Å². The number of nitrogens with zero attached hydrogens (tertiary/aromatic N) is 1. The van der Waals surface area contributed by atoms with Crippen LogP contribution in [0.4, 0.5) is 0 Å². The number of allylic oxidation sites excluding steroid dienone is 1. The van der Waals surface area contributed by atoms with Crippen LogP contribution in [0, 0.1) is 0 Å². The normalized spacial score (nSPS) is 13.9. The first kappa shape index (κ1) is 11.9. The lowest BCUT2D eigenvalue weighted by Gasteiger charge is -2.13. The Kier molecular flexibility index (Phi) is 5.05. The third-order valence-corrected chi connectivity index (χ3v) is 2.61. The molecule has 0 saturated carbocycles. The molecule has 0 aliphatic heterocycles. The molecule has 1 heterocycles. The summed E-state index contributed by atoms with van der Waals surface area (Å²) in [5, 5.41) is 0. The van der Waals surface area contributed by atoms with Crippen LogP contribution in [0.15, 0.2) is 36.0 Å². The molecule has 1 unspecified atom stereocenters. The van der Waals surface area contributed by atoms with Crippen molar-refractivity contribution in [3.05, 3.63) is 41.7 Å². The van der Waals surface area contributed by atoms with Crippen molar-refractivity contribution in [1.29, 1.82) is 0 Å². The molecule has 0 spiro atoms. The van der Waals surface area contributed by atoms with Crippen molar-refractivity contribution in [3.63, 3.8) is 0 Å². The molecule has 0 amide bonds. The van der Waals surface area contributed by atoms with Crippen molar-refractivity contribution in [2.45, 2.75) is 20.3 Å². The molecule has 0 aliphatic rings. The van der Waals surface area contributed by atoms with Crippen molar-refractivity contribution >= 4 is 0 Å². The van der Waals surface area contributed by atoms with E-state index in [9.17, 15) is 0 Å². The lowest BCUT2D eigenvalue weighted by atomic mass is 10.2. The predicted octanol–water partition coefficient (Wildman–Crippen LogP) is 1.10. The molecule has 1 atom stereocenters. The first-order valence-corrected chi connectivity index (χ1v) is 5.55. The van der Waals surface area contributed by atoms with E-state index in [4.69, 9.17) is 0 Å². The molecule has 2 nitrogen and oxygen atoms in total. The monoisotopic (exact) mass is 205 g/mol. The zero-order valence-electron chi connectivity index (χ0n) is 9.96. The summed E-state index contributed by atoms with van der Waals surface area (Å²) in [6.07, 6.45) is 5.11. The van der Waals surface area contributed by atoms with Gasteiger partial charge >= 0.3 is 0 Å². The van der Waals surface area contributed by atoms with Crippen molar-refractivity contribution in [2.24, 2.45) is 0 Å². The molecule has 0 radical (unpaired) electrons. The molecule has 1 aromatic rings. The maximum absolute atomic E-state index is 4.32. The average molecular weight is 205 g/mol. The van der Waals surface area contributed by atoms with Crippen LogP contribution < -0.4 is 4.90 Å². The predicted molar refractivity (Wildman–Crippen MR) is 64.0 cm³/mol. The molecule has 0 bridgehead atoms. The fraction of sp³-hybridized carbons (Fsp3) is 0.462. The van der Waals surface area contributed by atoms with Crippen LogP contribution in [0.1, 0.15) is 19.5 Å². The van der Waals surface area contributed by atoms with Gasteiger partial charge in [-0.15, -0.1) is 0 Å². The standard InChI is InChI=1S/C13H20N2/c1-4-12(2)11-15(3)10-8-13-7-5-6-9-14-13/h4-7,9H,8,10-11H2,1-3H3/p+1/b12-4-. The second kappa shape index (κ2) is 6.36. The van der Waals surface area contributed by atoms with Gasteiger partial charge in [0.1, 0.15) is 0 Å². The summed E-state index contributed by atoms with van der Waals surface area (Å²) in [5.74, 6) is 0. The van der Waals surface area contributed by atoms with Crippen LogP contribution in [-0.2, 0) is 6.42 Å². The fourth-order valence-corrected chi connectivity index (χ4v) is 1.55. The van der Waals surface area contributed by atoms with Gasteiger partial charge < -0.3 is 4.90 Å². The Hall–Kier alpha value is -1.15. The summed E-state index contributed by atoms with van der Waals surface area (Å²) >= 11 is 0. The summed E-state index contributed by atoms with van der Waals surface area (Å²) in [6, 6.07) is 6.11. The Balaban J connectivity index is 2.31. The van der Waals surface area contributed by atoms with Crippen molar-refractivity contribution in [2.75, 3.05) is 20.1 Å². The summed E-state index contributed by atoms with van der Waals surface area (Å²) in [4.78, 5) is 5.86. The highest BCUT2D eigenvalue weighted by Crippen LogP contribution is 1.92. The number of aromatic nitrogens is 1. The Morgan fingerprint density at radius 2 is 2.27 bits per heavy atom. The number of hydrogen-bond acceptors (Lipinski definition) is 1. The van der Waals surface area contributed by atoms with Crippen LogP contribution in [0.2, 0.25) is 0 Å². The zero-order valence-corrected chi connectivity index (χ0v) is 9.96. The Morgan fingerprint density at radius 3 is 2.87 bits per heavy atom. The second-order valence-corrected chi connectivity index (χ2v) is 4.09. The van der Waals surface area contributed by atoms with E-state index < -0.39 is 0 Å². The highest BCUT2D eigenvalue weighted by atomic mass is 15.1. The third kappa shape index (κ3) is 4.75. The summed E-state index contributed by atoms with van der Waals surface area (Å²) < 4.78 is 0. The van der Waals surface area contributed by atoms with E-state index in [1.807, 2.05) is 12.3 Å². The molecule has 1 N–H and O–H groups in total. The second-order valence-electron chi connectivity index (χ2n) is 4.09. The van der Waals surface area contributed by atoms with E-state index in [0.29, 0.717) is 0 Å². The molecule has 82 valence electrons. The van der Waals surface area contributed by atoms with Crippen LogP contribution in [-0.4, -0.2) is 25.1 Å². The number of rotatable bonds is 5. The number of quaternary nitrogens is 1. The molecular formula is C13H21N2+. The molecule has 0 aliphatic carbocycles. The minimum atomic E-state index is 1.06. The number of likely N-dealkylation sites (N-methyl/N-ethyl adjacent to an activating group) is 1. The van der Waals surface area contributed by atoms with Crippen LogP contribution in [0.5, 0.6) is 0 Å². The van der Waals surface area contributed by atoms with Gasteiger partial charge in [0.05, 0.1) is 20.1 Å². The van der Waals surface area contributed by atoms with Gasteiger partial charge in [0.25, 0.3) is 0 Å². The van der Waals surface area contributed by atoms with E-state index in [1.54, 1.807) is 0 Å². The maximum atomic E-state index is 4.32. The summed E-state index contributed by atoms with van der Waals surface area (Å²) in [5.41, 5.74) is 2.64. The molecule has 2 heteroatoms. The topological polar surface area (TPSA) is 17.3 Å². The smallest absolute Gasteiger partial charge is 0.0982 e. The van der Waals surface area contributed by atoms with Gasteiger partial charge in [0.15, 0.2) is 0 Å². The fourth-order valence-electron chi connectivity index (χ4n) is 1.55. The minimum Gasteiger partial charge on any atom is -0.334 e. The highest BCUT2D eigenvalue weighted by Gasteiger charge is 2.03.